The molecule has 5 heteroatoms. The van der Waals surface area contributed by atoms with Crippen molar-refractivity contribution in [2.75, 3.05) is 16.8 Å². The molecular formula is C14H18N2O2S. The molecule has 1 aromatic carbocycles. The zero-order chi connectivity index (χ0) is 14.1. The topological polar surface area (TPSA) is 70.0 Å². The van der Waals surface area contributed by atoms with Gasteiger partial charge in [-0.25, -0.2) is 0 Å². The number of carbonyl (C=O) groups is 1. The molecule has 1 atom stereocenters. The molecule has 0 fully saturated rings. The summed E-state index contributed by atoms with van der Waals surface area (Å²) < 4.78 is 11.5. The predicted molar refractivity (Wildman–Crippen MR) is 77.2 cm³/mol. The average Bonchev–Trinajstić information content (AvgIpc) is 2.43. The number of rotatable bonds is 7. The predicted octanol–water partition coefficient (Wildman–Crippen LogP) is 2.44. The Bertz CT molecular complexity index is 494. The minimum atomic E-state index is -0.918. The summed E-state index contributed by atoms with van der Waals surface area (Å²) in [7, 11) is -0.918. The Hall–Kier alpha value is -1.67. The summed E-state index contributed by atoms with van der Waals surface area (Å²) in [6, 6.07) is 8.75. The van der Waals surface area contributed by atoms with Crippen LogP contribution in [-0.4, -0.2) is 21.6 Å². The van der Waals surface area contributed by atoms with Crippen LogP contribution in [0.3, 0.4) is 0 Å². The molecule has 0 saturated carbocycles. The molecule has 1 rings (SSSR count). The second kappa shape index (κ2) is 8.44. The first-order valence-corrected chi connectivity index (χ1v) is 7.79. The lowest BCUT2D eigenvalue weighted by atomic mass is 10.2. The summed E-state index contributed by atoms with van der Waals surface area (Å²) >= 11 is 0. The van der Waals surface area contributed by atoms with E-state index in [4.69, 9.17) is 5.26 Å². The minimum absolute atomic E-state index is 0.167. The highest BCUT2D eigenvalue weighted by molar-refractivity contribution is 7.84. The Morgan fingerprint density at radius 1 is 1.42 bits per heavy atom. The molecule has 1 amide bonds. The normalized spacial score (nSPS) is 11.6. The van der Waals surface area contributed by atoms with E-state index in [0.29, 0.717) is 22.8 Å². The van der Waals surface area contributed by atoms with E-state index in [1.165, 1.54) is 0 Å². The summed E-state index contributed by atoms with van der Waals surface area (Å²) in [6.07, 6.45) is 2.18. The first-order chi connectivity index (χ1) is 9.15. The molecule has 0 bridgehead atoms. The summed E-state index contributed by atoms with van der Waals surface area (Å²) in [5.74, 6) is 0.886. The molecule has 0 radical (unpaired) electrons. The van der Waals surface area contributed by atoms with Gasteiger partial charge >= 0.3 is 0 Å². The number of hydrogen-bond acceptors (Lipinski definition) is 3. The number of carbonyl (C=O) groups excluding carboxylic acids is 1. The van der Waals surface area contributed by atoms with Crippen LogP contribution in [0, 0.1) is 11.3 Å². The van der Waals surface area contributed by atoms with Crippen molar-refractivity contribution in [3.63, 3.8) is 0 Å². The van der Waals surface area contributed by atoms with E-state index >= 15 is 0 Å². The maximum atomic E-state index is 11.7. The van der Waals surface area contributed by atoms with Gasteiger partial charge in [-0.1, -0.05) is 19.4 Å². The van der Waals surface area contributed by atoms with Gasteiger partial charge in [0.05, 0.1) is 11.6 Å². The summed E-state index contributed by atoms with van der Waals surface area (Å²) in [4.78, 5) is 11.7. The Morgan fingerprint density at radius 3 is 2.89 bits per heavy atom. The molecule has 19 heavy (non-hydrogen) atoms. The van der Waals surface area contributed by atoms with Gasteiger partial charge in [0.2, 0.25) is 5.91 Å². The highest BCUT2D eigenvalue weighted by Gasteiger charge is 2.06. The second-order valence-electron chi connectivity index (χ2n) is 4.19. The third-order valence-electron chi connectivity index (χ3n) is 2.56. The molecule has 0 spiro atoms. The summed E-state index contributed by atoms with van der Waals surface area (Å²) in [6.45, 7) is 2.05. The van der Waals surface area contributed by atoms with Crippen LogP contribution in [0.15, 0.2) is 24.3 Å². The largest absolute Gasteiger partial charge is 0.326 e. The van der Waals surface area contributed by atoms with Crippen molar-refractivity contribution in [1.29, 1.82) is 5.26 Å². The van der Waals surface area contributed by atoms with Crippen LogP contribution in [0.4, 0.5) is 5.69 Å². The zero-order valence-corrected chi connectivity index (χ0v) is 11.8. The van der Waals surface area contributed by atoms with Gasteiger partial charge in [-0.15, -0.1) is 0 Å². The van der Waals surface area contributed by atoms with E-state index in [2.05, 4.69) is 5.32 Å². The smallest absolute Gasteiger partial charge is 0.225 e. The first-order valence-electron chi connectivity index (χ1n) is 6.30. The zero-order valence-electron chi connectivity index (χ0n) is 11.0. The average molecular weight is 278 g/mol. The Morgan fingerprint density at radius 2 is 2.21 bits per heavy atom. The molecular weight excluding hydrogens is 260 g/mol. The number of anilines is 1. The van der Waals surface area contributed by atoms with E-state index in [9.17, 15) is 9.00 Å². The number of nitriles is 1. The molecule has 0 aliphatic carbocycles. The van der Waals surface area contributed by atoms with Crippen LogP contribution in [0.2, 0.25) is 0 Å². The first kappa shape index (κ1) is 15.4. The van der Waals surface area contributed by atoms with Crippen molar-refractivity contribution in [3.05, 3.63) is 29.8 Å². The van der Waals surface area contributed by atoms with Crippen molar-refractivity contribution in [1.82, 2.24) is 0 Å². The minimum Gasteiger partial charge on any atom is -0.326 e. The lowest BCUT2D eigenvalue weighted by molar-refractivity contribution is -0.115. The summed E-state index contributed by atoms with van der Waals surface area (Å²) in [5, 5.41) is 11.5. The number of nitrogens with one attached hydrogen (secondary N) is 1. The third-order valence-corrected chi connectivity index (χ3v) is 3.96. The summed E-state index contributed by atoms with van der Waals surface area (Å²) in [5.41, 5.74) is 1.10. The lowest BCUT2D eigenvalue weighted by Gasteiger charge is -2.05. The molecule has 1 aromatic rings. The molecule has 4 nitrogen and oxygen atoms in total. The van der Waals surface area contributed by atoms with E-state index in [1.54, 1.807) is 24.3 Å². The number of unbranched alkanes of at least 4 members (excludes halogenated alkanes) is 1. The van der Waals surface area contributed by atoms with Gasteiger partial charge in [-0.05, 0) is 24.6 Å². The quantitative estimate of drug-likeness (QED) is 0.832. The lowest BCUT2D eigenvalue weighted by Crippen LogP contribution is -2.15. The van der Waals surface area contributed by atoms with Crippen LogP contribution in [-0.2, 0) is 15.6 Å². The third kappa shape index (κ3) is 6.16. The van der Waals surface area contributed by atoms with Crippen molar-refractivity contribution in [2.24, 2.45) is 0 Å². The van der Waals surface area contributed by atoms with Crippen LogP contribution < -0.4 is 5.32 Å². The van der Waals surface area contributed by atoms with Gasteiger partial charge in [0.25, 0.3) is 0 Å². The fourth-order valence-electron chi connectivity index (χ4n) is 1.50. The van der Waals surface area contributed by atoms with E-state index in [0.717, 1.165) is 12.8 Å². The van der Waals surface area contributed by atoms with Crippen molar-refractivity contribution < 1.29 is 9.00 Å². The SMILES string of the molecule is CCCCS(=O)CCC(=O)Nc1cccc(C#N)c1. The maximum Gasteiger partial charge on any atom is 0.225 e. The molecule has 102 valence electrons. The Kier molecular flexibility index (Phi) is 6.83. The van der Waals surface area contributed by atoms with Crippen LogP contribution in [0.1, 0.15) is 31.7 Å². The van der Waals surface area contributed by atoms with Gasteiger partial charge in [-0.3, -0.25) is 9.00 Å². The standard InChI is InChI=1S/C14H18N2O2S/c1-2-3-8-19(18)9-7-14(17)16-13-6-4-5-12(10-13)11-15/h4-6,10H,2-3,7-9H2,1H3,(H,16,17). The van der Waals surface area contributed by atoms with E-state index in [-0.39, 0.29) is 12.3 Å². The van der Waals surface area contributed by atoms with Crippen LogP contribution in [0.5, 0.6) is 0 Å². The van der Waals surface area contributed by atoms with Crippen molar-refractivity contribution >= 4 is 22.4 Å². The Balaban J connectivity index is 2.39. The van der Waals surface area contributed by atoms with E-state index < -0.39 is 10.8 Å². The van der Waals surface area contributed by atoms with Crippen molar-refractivity contribution in [2.45, 2.75) is 26.2 Å². The number of hydrogen-bond donors (Lipinski definition) is 1. The van der Waals surface area contributed by atoms with Crippen molar-refractivity contribution in [3.8, 4) is 6.07 Å². The van der Waals surface area contributed by atoms with Gasteiger partial charge in [-0.2, -0.15) is 5.26 Å². The Labute approximate surface area is 116 Å². The van der Waals surface area contributed by atoms with E-state index in [1.807, 2.05) is 13.0 Å². The number of benzene rings is 1. The monoisotopic (exact) mass is 278 g/mol. The highest BCUT2D eigenvalue weighted by Crippen LogP contribution is 2.10. The van der Waals surface area contributed by atoms with Gasteiger partial charge in [0, 0.05) is 34.4 Å². The van der Waals surface area contributed by atoms with Crippen LogP contribution in [0.25, 0.3) is 0 Å². The number of amides is 1. The van der Waals surface area contributed by atoms with Gasteiger partial charge in [0.15, 0.2) is 0 Å². The molecule has 1 N–H and O–H groups in total. The molecule has 0 aliphatic heterocycles. The van der Waals surface area contributed by atoms with Gasteiger partial charge in [0.1, 0.15) is 0 Å². The fourth-order valence-corrected chi connectivity index (χ4v) is 2.73. The maximum absolute atomic E-state index is 11.7. The molecule has 1 unspecified atom stereocenters. The fraction of sp³-hybridized carbons (Fsp3) is 0.429. The highest BCUT2D eigenvalue weighted by atomic mass is 32.2. The molecule has 0 aliphatic rings. The number of nitrogens with zero attached hydrogens (tertiary/aromatic N) is 1. The molecule has 0 aromatic heterocycles. The van der Waals surface area contributed by atoms with Crippen LogP contribution >= 0.6 is 0 Å². The second-order valence-corrected chi connectivity index (χ2v) is 5.89. The van der Waals surface area contributed by atoms with Gasteiger partial charge < -0.3 is 5.32 Å². The molecule has 0 heterocycles. The molecule has 0 saturated heterocycles.